The summed E-state index contributed by atoms with van der Waals surface area (Å²) in [5, 5.41) is 4.84. The molecule has 2 N–H and O–H groups in total. The first kappa shape index (κ1) is 10.8. The smallest absolute Gasteiger partial charge is 0.0459 e. The average Bonchev–Trinajstić information content (AvgIpc) is 2.66. The molecule has 3 nitrogen and oxygen atoms in total. The van der Waals surface area contributed by atoms with Crippen molar-refractivity contribution in [1.29, 1.82) is 0 Å². The maximum absolute atomic E-state index is 3.54. The Hall–Kier alpha value is -1.32. The average molecular weight is 229 g/mol. The fraction of sp³-hybridized carbons (Fsp3) is 0.429. The van der Waals surface area contributed by atoms with Crippen molar-refractivity contribution in [2.75, 3.05) is 20.6 Å². The second-order valence-electron chi connectivity index (χ2n) is 5.13. The van der Waals surface area contributed by atoms with Crippen LogP contribution in [-0.2, 0) is 19.5 Å². The van der Waals surface area contributed by atoms with E-state index in [9.17, 15) is 0 Å². The third-order valence-corrected chi connectivity index (χ3v) is 3.41. The number of nitrogens with one attached hydrogen (secondary N) is 2. The lowest BCUT2D eigenvalue weighted by Gasteiger charge is -2.13. The minimum atomic E-state index is 1.00. The zero-order valence-corrected chi connectivity index (χ0v) is 10.5. The number of fused-ring (bicyclic) bond motifs is 3. The molecular formula is C14H19N3. The standard InChI is InChI=1S/C14H19N3/c1-17(2)9-10-3-4-13-11(7-10)12-8-15-6-5-14(12)16-13/h3-4,7,15-16H,5-6,8-9H2,1-2H3. The highest BCUT2D eigenvalue weighted by molar-refractivity contribution is 5.85. The Bertz CT molecular complexity index is 540. The van der Waals surface area contributed by atoms with Gasteiger partial charge in [0.05, 0.1) is 0 Å². The van der Waals surface area contributed by atoms with E-state index in [1.54, 1.807) is 0 Å². The highest BCUT2D eigenvalue weighted by Gasteiger charge is 2.14. The van der Waals surface area contributed by atoms with Crippen LogP contribution in [-0.4, -0.2) is 30.5 Å². The molecule has 0 bridgehead atoms. The number of nitrogens with zero attached hydrogens (tertiary/aromatic N) is 1. The highest BCUT2D eigenvalue weighted by atomic mass is 15.0. The van der Waals surface area contributed by atoms with Crippen LogP contribution in [0.1, 0.15) is 16.8 Å². The van der Waals surface area contributed by atoms with Gasteiger partial charge in [-0.1, -0.05) is 6.07 Å². The summed E-state index contributed by atoms with van der Waals surface area (Å²) >= 11 is 0. The Morgan fingerprint density at radius 3 is 3.00 bits per heavy atom. The molecule has 0 atom stereocenters. The van der Waals surface area contributed by atoms with Crippen LogP contribution < -0.4 is 5.32 Å². The Kier molecular flexibility index (Phi) is 2.65. The number of benzene rings is 1. The van der Waals surface area contributed by atoms with Crippen molar-refractivity contribution in [3.63, 3.8) is 0 Å². The second-order valence-corrected chi connectivity index (χ2v) is 5.13. The fourth-order valence-corrected chi connectivity index (χ4v) is 2.66. The molecule has 0 aliphatic carbocycles. The van der Waals surface area contributed by atoms with Crippen LogP contribution in [0.25, 0.3) is 10.9 Å². The zero-order chi connectivity index (χ0) is 11.8. The van der Waals surface area contributed by atoms with Crippen LogP contribution in [0.3, 0.4) is 0 Å². The molecule has 3 heteroatoms. The fourth-order valence-electron chi connectivity index (χ4n) is 2.66. The van der Waals surface area contributed by atoms with Crippen molar-refractivity contribution in [3.8, 4) is 0 Å². The molecular weight excluding hydrogens is 210 g/mol. The molecule has 0 fully saturated rings. The Balaban J connectivity index is 2.08. The van der Waals surface area contributed by atoms with E-state index in [-0.39, 0.29) is 0 Å². The first-order valence-electron chi connectivity index (χ1n) is 6.22. The first-order chi connectivity index (χ1) is 8.24. The summed E-state index contributed by atoms with van der Waals surface area (Å²) in [7, 11) is 4.22. The molecule has 0 saturated heterocycles. The van der Waals surface area contributed by atoms with Gasteiger partial charge in [0.2, 0.25) is 0 Å². The van der Waals surface area contributed by atoms with Crippen molar-refractivity contribution >= 4 is 10.9 Å². The van der Waals surface area contributed by atoms with Gasteiger partial charge < -0.3 is 15.2 Å². The first-order valence-corrected chi connectivity index (χ1v) is 6.22. The molecule has 1 aliphatic heterocycles. The number of aromatic nitrogens is 1. The van der Waals surface area contributed by atoms with E-state index in [2.05, 4.69) is 47.5 Å². The summed E-state index contributed by atoms with van der Waals surface area (Å²) in [5.41, 5.74) is 5.55. The summed E-state index contributed by atoms with van der Waals surface area (Å²) in [6.45, 7) is 3.09. The quantitative estimate of drug-likeness (QED) is 0.823. The van der Waals surface area contributed by atoms with Crippen LogP contribution >= 0.6 is 0 Å². The molecule has 2 aromatic rings. The van der Waals surface area contributed by atoms with Crippen LogP contribution in [0.4, 0.5) is 0 Å². The van der Waals surface area contributed by atoms with Gasteiger partial charge in [0.1, 0.15) is 0 Å². The normalized spacial score (nSPS) is 15.5. The van der Waals surface area contributed by atoms with E-state index in [0.717, 1.165) is 26.1 Å². The van der Waals surface area contributed by atoms with Crippen molar-refractivity contribution in [2.45, 2.75) is 19.5 Å². The van der Waals surface area contributed by atoms with E-state index in [1.165, 1.54) is 27.7 Å². The number of H-pyrrole nitrogens is 1. The largest absolute Gasteiger partial charge is 0.358 e. The molecule has 3 rings (SSSR count). The molecule has 0 radical (unpaired) electrons. The predicted octanol–water partition coefficient (Wildman–Crippen LogP) is 1.88. The molecule has 0 spiro atoms. The maximum Gasteiger partial charge on any atom is 0.0459 e. The monoisotopic (exact) mass is 229 g/mol. The molecule has 0 amide bonds. The number of hydrogen-bond acceptors (Lipinski definition) is 2. The van der Waals surface area contributed by atoms with E-state index in [0.29, 0.717) is 0 Å². The number of hydrogen-bond donors (Lipinski definition) is 2. The molecule has 2 heterocycles. The van der Waals surface area contributed by atoms with Crippen molar-refractivity contribution < 1.29 is 0 Å². The van der Waals surface area contributed by atoms with Crippen molar-refractivity contribution in [2.24, 2.45) is 0 Å². The third-order valence-electron chi connectivity index (χ3n) is 3.41. The summed E-state index contributed by atoms with van der Waals surface area (Å²) in [6, 6.07) is 6.77. The van der Waals surface area contributed by atoms with Crippen LogP contribution in [0.15, 0.2) is 18.2 Å². The Morgan fingerprint density at radius 1 is 1.29 bits per heavy atom. The van der Waals surface area contributed by atoms with Crippen molar-refractivity contribution in [1.82, 2.24) is 15.2 Å². The zero-order valence-electron chi connectivity index (χ0n) is 10.5. The molecule has 1 aromatic carbocycles. The van der Waals surface area contributed by atoms with Crippen LogP contribution in [0.2, 0.25) is 0 Å². The predicted molar refractivity (Wildman–Crippen MR) is 71.1 cm³/mol. The van der Waals surface area contributed by atoms with Gasteiger partial charge in [-0.3, -0.25) is 0 Å². The van der Waals surface area contributed by atoms with Crippen molar-refractivity contribution in [3.05, 3.63) is 35.0 Å². The molecule has 0 unspecified atom stereocenters. The molecule has 1 aliphatic rings. The molecule has 0 saturated carbocycles. The van der Waals surface area contributed by atoms with Gasteiger partial charge in [0.25, 0.3) is 0 Å². The van der Waals surface area contributed by atoms with Crippen LogP contribution in [0.5, 0.6) is 0 Å². The van der Waals surface area contributed by atoms with Gasteiger partial charge >= 0.3 is 0 Å². The Morgan fingerprint density at radius 2 is 2.18 bits per heavy atom. The summed E-state index contributed by atoms with van der Waals surface area (Å²) in [6.07, 6.45) is 1.12. The maximum atomic E-state index is 3.54. The summed E-state index contributed by atoms with van der Waals surface area (Å²) in [4.78, 5) is 5.75. The molecule has 17 heavy (non-hydrogen) atoms. The summed E-state index contributed by atoms with van der Waals surface area (Å²) in [5.74, 6) is 0. The lowest BCUT2D eigenvalue weighted by Crippen LogP contribution is -2.22. The molecule has 1 aromatic heterocycles. The van der Waals surface area contributed by atoms with E-state index in [1.807, 2.05) is 0 Å². The second kappa shape index (κ2) is 4.17. The number of aromatic amines is 1. The SMILES string of the molecule is CN(C)Cc1ccc2[nH]c3c(c2c1)CNCC3. The minimum Gasteiger partial charge on any atom is -0.358 e. The lowest BCUT2D eigenvalue weighted by molar-refractivity contribution is 0.403. The summed E-state index contributed by atoms with van der Waals surface area (Å²) < 4.78 is 0. The van der Waals surface area contributed by atoms with Gasteiger partial charge in [-0.25, -0.2) is 0 Å². The lowest BCUT2D eigenvalue weighted by atomic mass is 10.0. The van der Waals surface area contributed by atoms with Gasteiger partial charge in [-0.2, -0.15) is 0 Å². The topological polar surface area (TPSA) is 31.1 Å². The highest BCUT2D eigenvalue weighted by Crippen LogP contribution is 2.26. The minimum absolute atomic E-state index is 1.00. The number of rotatable bonds is 2. The van der Waals surface area contributed by atoms with E-state index in [4.69, 9.17) is 0 Å². The van der Waals surface area contributed by atoms with Crippen LogP contribution in [0, 0.1) is 0 Å². The van der Waals surface area contributed by atoms with Gasteiger partial charge in [0, 0.05) is 42.7 Å². The van der Waals surface area contributed by atoms with Gasteiger partial charge in [-0.15, -0.1) is 0 Å². The van der Waals surface area contributed by atoms with Gasteiger partial charge in [-0.05, 0) is 37.4 Å². The van der Waals surface area contributed by atoms with E-state index < -0.39 is 0 Å². The van der Waals surface area contributed by atoms with Gasteiger partial charge in [0.15, 0.2) is 0 Å². The Labute approximate surface area is 102 Å². The van der Waals surface area contributed by atoms with E-state index >= 15 is 0 Å². The molecule has 90 valence electrons. The third kappa shape index (κ3) is 1.96.